The Kier molecular flexibility index (Phi) is 3.73. The zero-order valence-corrected chi connectivity index (χ0v) is 11.5. The number of carbonyl (C=O) groups excluding carboxylic acids is 1. The number of aromatic nitrogens is 1. The normalized spacial score (nSPS) is 19.6. The van der Waals surface area contributed by atoms with E-state index in [0.717, 1.165) is 0 Å². The molecular weight excluding hydrogens is 247 g/mol. The monoisotopic (exact) mass is 266 g/mol. The van der Waals surface area contributed by atoms with Crippen molar-refractivity contribution in [3.8, 4) is 0 Å². The van der Waals surface area contributed by atoms with Crippen molar-refractivity contribution in [1.29, 1.82) is 0 Å². The van der Waals surface area contributed by atoms with Crippen molar-refractivity contribution in [3.63, 3.8) is 0 Å². The van der Waals surface area contributed by atoms with E-state index in [2.05, 4.69) is 4.98 Å². The molecule has 1 aliphatic heterocycles. The van der Waals surface area contributed by atoms with E-state index in [-0.39, 0.29) is 17.8 Å². The van der Waals surface area contributed by atoms with Crippen LogP contribution in [-0.4, -0.2) is 34.7 Å². The zero-order valence-electron chi connectivity index (χ0n) is 11.5. The molecule has 0 radical (unpaired) electrons. The highest BCUT2D eigenvalue weighted by Gasteiger charge is 2.32. The fourth-order valence-electron chi connectivity index (χ4n) is 2.17. The second-order valence-corrected chi connectivity index (χ2v) is 5.78. The molecule has 19 heavy (non-hydrogen) atoms. The first-order valence-electron chi connectivity index (χ1n) is 6.45. The molecule has 1 amide bonds. The lowest BCUT2D eigenvalue weighted by molar-refractivity contribution is 0.0292. The standard InChI is InChI=1S/C14H19FN2O2/c1-14(2,3)19-13(18)17-8-6-10(9-17)12-11(15)5-4-7-16-12/h4-5,7,10H,6,8-9H2,1-3H3. The number of pyridine rings is 1. The van der Waals surface area contributed by atoms with E-state index in [1.165, 1.54) is 6.07 Å². The molecule has 1 saturated heterocycles. The number of rotatable bonds is 1. The molecule has 0 bridgehead atoms. The first-order valence-corrected chi connectivity index (χ1v) is 6.45. The third kappa shape index (κ3) is 3.43. The van der Waals surface area contributed by atoms with Crippen LogP contribution in [0.4, 0.5) is 9.18 Å². The van der Waals surface area contributed by atoms with Crippen LogP contribution < -0.4 is 0 Å². The summed E-state index contributed by atoms with van der Waals surface area (Å²) >= 11 is 0. The first kappa shape index (κ1) is 13.8. The Bertz CT molecular complexity index is 471. The Hall–Kier alpha value is -1.65. The quantitative estimate of drug-likeness (QED) is 0.785. The van der Waals surface area contributed by atoms with Gasteiger partial charge in [-0.2, -0.15) is 0 Å². The van der Waals surface area contributed by atoms with E-state index in [0.29, 0.717) is 25.2 Å². The summed E-state index contributed by atoms with van der Waals surface area (Å²) in [6.45, 7) is 6.53. The van der Waals surface area contributed by atoms with Crippen molar-refractivity contribution >= 4 is 6.09 Å². The molecule has 2 rings (SSSR count). The molecule has 1 aromatic heterocycles. The number of carbonyl (C=O) groups is 1. The molecule has 1 unspecified atom stereocenters. The number of amides is 1. The highest BCUT2D eigenvalue weighted by Crippen LogP contribution is 2.28. The second kappa shape index (κ2) is 5.15. The van der Waals surface area contributed by atoms with Crippen LogP contribution >= 0.6 is 0 Å². The van der Waals surface area contributed by atoms with Gasteiger partial charge < -0.3 is 9.64 Å². The van der Waals surface area contributed by atoms with Crippen molar-refractivity contribution in [1.82, 2.24) is 9.88 Å². The van der Waals surface area contributed by atoms with E-state index >= 15 is 0 Å². The van der Waals surface area contributed by atoms with Gasteiger partial charge in [-0.3, -0.25) is 4.98 Å². The van der Waals surface area contributed by atoms with Gasteiger partial charge in [0.05, 0.1) is 5.69 Å². The smallest absolute Gasteiger partial charge is 0.410 e. The average molecular weight is 266 g/mol. The fourth-order valence-corrected chi connectivity index (χ4v) is 2.17. The Balaban J connectivity index is 2.01. The predicted molar refractivity (Wildman–Crippen MR) is 69.4 cm³/mol. The van der Waals surface area contributed by atoms with Gasteiger partial charge in [-0.1, -0.05) is 0 Å². The van der Waals surface area contributed by atoms with Gasteiger partial charge in [-0.25, -0.2) is 9.18 Å². The molecule has 1 atom stereocenters. The average Bonchev–Trinajstić information content (AvgIpc) is 2.76. The van der Waals surface area contributed by atoms with Crippen molar-refractivity contribution in [3.05, 3.63) is 29.8 Å². The third-order valence-corrected chi connectivity index (χ3v) is 3.01. The van der Waals surface area contributed by atoms with Gasteiger partial charge >= 0.3 is 6.09 Å². The summed E-state index contributed by atoms with van der Waals surface area (Å²) in [5, 5.41) is 0. The van der Waals surface area contributed by atoms with E-state index in [1.807, 2.05) is 20.8 Å². The molecule has 0 aromatic carbocycles. The van der Waals surface area contributed by atoms with Gasteiger partial charge in [0.2, 0.25) is 0 Å². The molecule has 0 aliphatic carbocycles. The van der Waals surface area contributed by atoms with E-state index < -0.39 is 5.60 Å². The highest BCUT2D eigenvalue weighted by atomic mass is 19.1. The number of halogens is 1. The van der Waals surface area contributed by atoms with Crippen LogP contribution in [0, 0.1) is 5.82 Å². The summed E-state index contributed by atoms with van der Waals surface area (Å²) in [6, 6.07) is 2.97. The van der Waals surface area contributed by atoms with E-state index in [4.69, 9.17) is 4.74 Å². The summed E-state index contributed by atoms with van der Waals surface area (Å²) in [5.41, 5.74) is -0.0700. The molecule has 0 spiro atoms. The van der Waals surface area contributed by atoms with E-state index in [9.17, 15) is 9.18 Å². The molecule has 104 valence electrons. The number of ether oxygens (including phenoxy) is 1. The molecular formula is C14H19FN2O2. The van der Waals surface area contributed by atoms with Crippen molar-refractivity contribution < 1.29 is 13.9 Å². The number of hydrogen-bond acceptors (Lipinski definition) is 3. The minimum Gasteiger partial charge on any atom is -0.444 e. The van der Waals surface area contributed by atoms with Gasteiger partial charge in [0.15, 0.2) is 0 Å². The number of hydrogen-bond donors (Lipinski definition) is 0. The zero-order chi connectivity index (χ0) is 14.0. The molecule has 4 nitrogen and oxygen atoms in total. The maximum atomic E-state index is 13.6. The van der Waals surface area contributed by atoms with Crippen LogP contribution in [-0.2, 0) is 4.74 Å². The summed E-state index contributed by atoms with van der Waals surface area (Å²) in [5.74, 6) is -0.354. The third-order valence-electron chi connectivity index (χ3n) is 3.01. The Morgan fingerprint density at radius 3 is 2.89 bits per heavy atom. The minimum absolute atomic E-state index is 0.0475. The van der Waals surface area contributed by atoms with Crippen LogP contribution in [0.15, 0.2) is 18.3 Å². The lowest BCUT2D eigenvalue weighted by Crippen LogP contribution is -2.35. The number of likely N-dealkylation sites (tertiary alicyclic amines) is 1. The maximum absolute atomic E-state index is 13.6. The molecule has 2 heterocycles. The van der Waals surface area contributed by atoms with E-state index in [1.54, 1.807) is 17.2 Å². The highest BCUT2D eigenvalue weighted by molar-refractivity contribution is 5.68. The Morgan fingerprint density at radius 2 is 2.26 bits per heavy atom. The summed E-state index contributed by atoms with van der Waals surface area (Å²) < 4.78 is 19.0. The Morgan fingerprint density at radius 1 is 1.53 bits per heavy atom. The van der Waals surface area contributed by atoms with Gasteiger partial charge in [0.1, 0.15) is 11.4 Å². The predicted octanol–water partition coefficient (Wildman–Crippen LogP) is 2.95. The SMILES string of the molecule is CC(C)(C)OC(=O)N1CCC(c2ncccc2F)C1. The fraction of sp³-hybridized carbons (Fsp3) is 0.571. The summed E-state index contributed by atoms with van der Waals surface area (Å²) in [4.78, 5) is 17.6. The van der Waals surface area contributed by atoms with Crippen molar-refractivity contribution in [2.24, 2.45) is 0 Å². The van der Waals surface area contributed by atoms with Gasteiger partial charge in [-0.15, -0.1) is 0 Å². The summed E-state index contributed by atoms with van der Waals surface area (Å²) in [6.07, 6.45) is 1.95. The molecule has 0 N–H and O–H groups in total. The molecule has 0 saturated carbocycles. The maximum Gasteiger partial charge on any atom is 0.410 e. The lowest BCUT2D eigenvalue weighted by atomic mass is 10.0. The second-order valence-electron chi connectivity index (χ2n) is 5.78. The van der Waals surface area contributed by atoms with Crippen LogP contribution in [0.3, 0.4) is 0 Å². The molecule has 5 heteroatoms. The minimum atomic E-state index is -0.509. The topological polar surface area (TPSA) is 42.4 Å². The van der Waals surface area contributed by atoms with Crippen LogP contribution in [0.25, 0.3) is 0 Å². The first-order chi connectivity index (χ1) is 8.87. The Labute approximate surface area is 112 Å². The largest absolute Gasteiger partial charge is 0.444 e. The van der Waals surface area contributed by atoms with Crippen LogP contribution in [0.5, 0.6) is 0 Å². The van der Waals surface area contributed by atoms with Gasteiger partial charge in [0.25, 0.3) is 0 Å². The molecule has 1 aromatic rings. The van der Waals surface area contributed by atoms with Crippen molar-refractivity contribution in [2.75, 3.05) is 13.1 Å². The van der Waals surface area contributed by atoms with Gasteiger partial charge in [0, 0.05) is 25.2 Å². The van der Waals surface area contributed by atoms with Gasteiger partial charge in [-0.05, 0) is 39.3 Å². The van der Waals surface area contributed by atoms with Crippen molar-refractivity contribution in [2.45, 2.75) is 38.7 Å². The van der Waals surface area contributed by atoms with Crippen LogP contribution in [0.2, 0.25) is 0 Å². The number of nitrogens with zero attached hydrogens (tertiary/aromatic N) is 2. The summed E-state index contributed by atoms with van der Waals surface area (Å²) in [7, 11) is 0. The molecule has 1 fully saturated rings. The molecule has 1 aliphatic rings. The van der Waals surface area contributed by atoms with Crippen LogP contribution in [0.1, 0.15) is 38.8 Å². The lowest BCUT2D eigenvalue weighted by Gasteiger charge is -2.24.